The van der Waals surface area contributed by atoms with Gasteiger partial charge >= 0.3 is 5.97 Å². The first-order valence-electron chi connectivity index (χ1n) is 17.9. The lowest BCUT2D eigenvalue weighted by molar-refractivity contribution is -0.131. The molecule has 0 unspecified atom stereocenters. The first-order valence-corrected chi connectivity index (χ1v) is 17.9. The number of carboxylic acid groups (broad SMARTS) is 1. The molecule has 9 nitrogen and oxygen atoms in total. The van der Waals surface area contributed by atoms with E-state index in [-0.39, 0.29) is 11.8 Å². The third-order valence-corrected chi connectivity index (χ3v) is 10.9. The van der Waals surface area contributed by atoms with Gasteiger partial charge in [0.2, 0.25) is 5.91 Å². The zero-order valence-corrected chi connectivity index (χ0v) is 29.0. The van der Waals surface area contributed by atoms with E-state index in [1.807, 2.05) is 12.1 Å². The number of anilines is 1. The van der Waals surface area contributed by atoms with Crippen molar-refractivity contribution in [3.63, 3.8) is 0 Å². The van der Waals surface area contributed by atoms with E-state index in [1.54, 1.807) is 31.4 Å². The fraction of sp³-hybridized carbons (Fsp3) is 0.390. The van der Waals surface area contributed by atoms with Gasteiger partial charge in [0.15, 0.2) is 0 Å². The minimum absolute atomic E-state index is 0.235. The van der Waals surface area contributed by atoms with Gasteiger partial charge in [0.05, 0.1) is 12.8 Å². The van der Waals surface area contributed by atoms with E-state index < -0.39 is 11.5 Å². The van der Waals surface area contributed by atoms with Gasteiger partial charge in [0.25, 0.3) is 5.91 Å². The van der Waals surface area contributed by atoms with Crippen molar-refractivity contribution in [3.05, 3.63) is 89.0 Å². The summed E-state index contributed by atoms with van der Waals surface area (Å²) in [4.78, 5) is 41.1. The average Bonchev–Trinajstić information content (AvgIpc) is 3.73. The van der Waals surface area contributed by atoms with Crippen LogP contribution in [0.2, 0.25) is 0 Å². The quantitative estimate of drug-likeness (QED) is 0.166. The lowest BCUT2D eigenvalue weighted by Crippen LogP contribution is -2.55. The van der Waals surface area contributed by atoms with E-state index in [0.29, 0.717) is 35.6 Å². The van der Waals surface area contributed by atoms with Crippen molar-refractivity contribution >= 4 is 40.4 Å². The molecule has 1 aromatic heterocycles. The maximum atomic E-state index is 14.1. The number of aliphatic carboxylic acids is 1. The number of nitrogens with zero attached hydrogens (tertiary/aromatic N) is 2. The van der Waals surface area contributed by atoms with Gasteiger partial charge in [-0.05, 0) is 104 Å². The number of fused-ring (bicyclic) bond motifs is 5. The van der Waals surface area contributed by atoms with Crippen LogP contribution in [0.3, 0.4) is 0 Å². The Labute approximate surface area is 293 Å². The summed E-state index contributed by atoms with van der Waals surface area (Å²) in [7, 11) is 3.87. The molecule has 260 valence electrons. The number of benzene rings is 3. The van der Waals surface area contributed by atoms with Crippen molar-refractivity contribution < 1.29 is 24.2 Å². The van der Waals surface area contributed by atoms with Gasteiger partial charge < -0.3 is 29.9 Å². The zero-order chi connectivity index (χ0) is 34.8. The lowest BCUT2D eigenvalue weighted by atomic mass is 9.81. The van der Waals surface area contributed by atoms with E-state index in [9.17, 15) is 14.4 Å². The maximum Gasteiger partial charge on any atom is 0.328 e. The fourth-order valence-corrected chi connectivity index (χ4v) is 8.32. The van der Waals surface area contributed by atoms with Gasteiger partial charge in [-0.1, -0.05) is 50.3 Å². The first kappa shape index (κ1) is 33.6. The molecule has 0 saturated heterocycles. The van der Waals surface area contributed by atoms with Crippen molar-refractivity contribution in [2.45, 2.75) is 82.3 Å². The van der Waals surface area contributed by atoms with E-state index in [2.05, 4.69) is 51.4 Å². The van der Waals surface area contributed by atoms with Gasteiger partial charge in [-0.2, -0.15) is 0 Å². The highest BCUT2D eigenvalue weighted by Gasteiger charge is 2.43. The lowest BCUT2D eigenvalue weighted by Gasteiger charge is -2.29. The molecular weight excluding hydrogens is 628 g/mol. The predicted octanol–water partition coefficient (Wildman–Crippen LogP) is 7.59. The van der Waals surface area contributed by atoms with E-state index in [4.69, 9.17) is 9.84 Å². The molecule has 4 aromatic rings. The molecule has 3 aromatic carbocycles. The molecule has 3 aliphatic rings. The molecule has 0 radical (unpaired) electrons. The van der Waals surface area contributed by atoms with Crippen LogP contribution in [-0.2, 0) is 22.7 Å². The smallest absolute Gasteiger partial charge is 0.328 e. The van der Waals surface area contributed by atoms with Crippen LogP contribution < -0.4 is 15.4 Å². The van der Waals surface area contributed by atoms with Crippen molar-refractivity contribution in [3.8, 4) is 17.0 Å². The van der Waals surface area contributed by atoms with Crippen molar-refractivity contribution in [1.29, 1.82) is 0 Å². The largest absolute Gasteiger partial charge is 0.497 e. The second-order valence-corrected chi connectivity index (χ2v) is 14.2. The van der Waals surface area contributed by atoms with Gasteiger partial charge in [-0.3, -0.25) is 9.59 Å². The molecule has 2 heterocycles. The van der Waals surface area contributed by atoms with Crippen LogP contribution in [0.1, 0.15) is 90.8 Å². The molecule has 3 N–H and O–H groups in total. The average molecular weight is 675 g/mol. The molecule has 2 amide bonds. The van der Waals surface area contributed by atoms with Crippen LogP contribution in [0.5, 0.6) is 5.75 Å². The highest BCUT2D eigenvalue weighted by Crippen LogP contribution is 2.46. The highest BCUT2D eigenvalue weighted by molar-refractivity contribution is 6.06. The van der Waals surface area contributed by atoms with Crippen molar-refractivity contribution in [2.75, 3.05) is 26.0 Å². The normalized spacial score (nSPS) is 17.9. The van der Waals surface area contributed by atoms with Crippen LogP contribution >= 0.6 is 0 Å². The van der Waals surface area contributed by atoms with Crippen LogP contribution in [0.25, 0.3) is 28.2 Å². The Morgan fingerprint density at radius 2 is 1.68 bits per heavy atom. The van der Waals surface area contributed by atoms with Gasteiger partial charge in [-0.25, -0.2) is 4.79 Å². The molecule has 0 atom stereocenters. The number of ether oxygens (including phenoxy) is 1. The molecule has 2 fully saturated rings. The Hall–Kier alpha value is -4.89. The SMILES string of the molecule is COc1ccc2c(c1)CN(C)CCn1c-2c(C2CCCCC2)c2ccc(C(=O)NC3(C(=O)Nc4ccc(/C=C/C(=O)O)cc4)CCCC3)cc21. The molecule has 50 heavy (non-hydrogen) atoms. The number of hydrogen-bond acceptors (Lipinski definition) is 5. The zero-order valence-electron chi connectivity index (χ0n) is 29.0. The highest BCUT2D eigenvalue weighted by atomic mass is 16.5. The van der Waals surface area contributed by atoms with Gasteiger partial charge in [0.1, 0.15) is 11.3 Å². The number of amides is 2. The van der Waals surface area contributed by atoms with E-state index >= 15 is 0 Å². The summed E-state index contributed by atoms with van der Waals surface area (Å²) in [5, 5.41) is 16.3. The summed E-state index contributed by atoms with van der Waals surface area (Å²) in [5.74, 6) is -0.191. The molecule has 2 aliphatic carbocycles. The summed E-state index contributed by atoms with van der Waals surface area (Å²) in [6.07, 6.45) is 11.5. The number of carbonyl (C=O) groups excluding carboxylic acids is 2. The second kappa shape index (κ2) is 14.2. The summed E-state index contributed by atoms with van der Waals surface area (Å²) < 4.78 is 8.07. The Balaban J connectivity index is 1.23. The Bertz CT molecular complexity index is 1950. The van der Waals surface area contributed by atoms with Crippen molar-refractivity contribution in [1.82, 2.24) is 14.8 Å². The number of aromatic nitrogens is 1. The van der Waals surface area contributed by atoms with Gasteiger partial charge in [-0.15, -0.1) is 0 Å². The second-order valence-electron chi connectivity index (χ2n) is 14.2. The monoisotopic (exact) mass is 674 g/mol. The molecular formula is C41H46N4O5. The van der Waals surface area contributed by atoms with Crippen LogP contribution in [0.4, 0.5) is 5.69 Å². The molecule has 9 heteroatoms. The number of carbonyl (C=O) groups is 3. The topological polar surface area (TPSA) is 113 Å². The molecule has 7 rings (SSSR count). The van der Waals surface area contributed by atoms with E-state index in [0.717, 1.165) is 49.8 Å². The minimum atomic E-state index is -1.02. The maximum absolute atomic E-state index is 14.1. The molecule has 2 saturated carbocycles. The van der Waals surface area contributed by atoms with Crippen LogP contribution in [-0.4, -0.2) is 58.6 Å². The summed E-state index contributed by atoms with van der Waals surface area (Å²) >= 11 is 0. The molecule has 1 aliphatic heterocycles. The number of hydrogen-bond donors (Lipinski definition) is 3. The Morgan fingerprint density at radius 1 is 0.920 bits per heavy atom. The standard InChI is InChI=1S/C41H46N4O5/c1-44-22-23-45-35-25-29(39(48)43-41(20-6-7-21-41)40(49)42-31-14-10-27(11-15-31)12-19-36(46)47)13-17-34(35)37(28-8-4-3-5-9-28)38(45)33-18-16-32(50-2)24-30(33)26-44/h10-19,24-25,28H,3-9,20-23,26H2,1-2H3,(H,42,49)(H,43,48)(H,46,47)/b19-12+. The number of methoxy groups -OCH3 is 1. The van der Waals surface area contributed by atoms with Crippen LogP contribution in [0, 0.1) is 0 Å². The van der Waals surface area contributed by atoms with Crippen LogP contribution in [0.15, 0.2) is 66.7 Å². The van der Waals surface area contributed by atoms with E-state index in [1.165, 1.54) is 66.0 Å². The summed E-state index contributed by atoms with van der Waals surface area (Å²) in [5.41, 5.74) is 7.04. The fourth-order valence-electron chi connectivity index (χ4n) is 8.32. The predicted molar refractivity (Wildman–Crippen MR) is 196 cm³/mol. The summed E-state index contributed by atoms with van der Waals surface area (Å²) in [6, 6.07) is 19.5. The number of likely N-dealkylation sites (N-methyl/N-ethyl adjacent to an activating group) is 1. The third-order valence-electron chi connectivity index (χ3n) is 10.9. The molecule has 0 bridgehead atoms. The summed E-state index contributed by atoms with van der Waals surface area (Å²) in [6.45, 7) is 2.51. The first-order chi connectivity index (χ1) is 24.2. The Kier molecular flexibility index (Phi) is 9.51. The number of rotatable bonds is 8. The molecule has 0 spiro atoms. The Morgan fingerprint density at radius 3 is 2.40 bits per heavy atom. The van der Waals surface area contributed by atoms with Gasteiger partial charge in [0, 0.05) is 53.4 Å². The van der Waals surface area contributed by atoms with Crippen molar-refractivity contribution in [2.24, 2.45) is 0 Å². The third kappa shape index (κ3) is 6.66. The number of nitrogens with one attached hydrogen (secondary N) is 2. The minimum Gasteiger partial charge on any atom is -0.497 e. The number of carboxylic acids is 1.